The van der Waals surface area contributed by atoms with Crippen molar-refractivity contribution in [1.82, 2.24) is 15.5 Å². The second-order valence-electron chi connectivity index (χ2n) is 6.24. The van der Waals surface area contributed by atoms with Crippen molar-refractivity contribution in [3.63, 3.8) is 0 Å². The van der Waals surface area contributed by atoms with Gasteiger partial charge in [0.05, 0.1) is 5.60 Å². The van der Waals surface area contributed by atoms with E-state index in [0.29, 0.717) is 37.5 Å². The third kappa shape index (κ3) is 4.53. The van der Waals surface area contributed by atoms with Gasteiger partial charge in [-0.05, 0) is 25.7 Å². The molecule has 1 fully saturated rings. The van der Waals surface area contributed by atoms with Crippen molar-refractivity contribution < 1.29 is 14.4 Å². The van der Waals surface area contributed by atoms with Crippen LogP contribution in [0.25, 0.3) is 0 Å². The van der Waals surface area contributed by atoms with Gasteiger partial charge in [-0.3, -0.25) is 4.79 Å². The Morgan fingerprint density at radius 3 is 2.68 bits per heavy atom. The summed E-state index contributed by atoms with van der Waals surface area (Å²) in [5.74, 6) is 1.65. The molecule has 22 heavy (non-hydrogen) atoms. The van der Waals surface area contributed by atoms with Gasteiger partial charge in [0, 0.05) is 25.3 Å². The molecule has 0 atom stereocenters. The number of carbonyl (C=O) groups excluding carboxylic acids is 1. The van der Waals surface area contributed by atoms with E-state index in [2.05, 4.69) is 15.5 Å². The van der Waals surface area contributed by atoms with Gasteiger partial charge in [0.25, 0.3) is 0 Å². The first-order valence-corrected chi connectivity index (χ1v) is 8.38. The van der Waals surface area contributed by atoms with E-state index in [0.717, 1.165) is 18.7 Å². The number of aryl methyl sites for hydroxylation is 1. The molecule has 1 aliphatic carbocycles. The highest BCUT2D eigenvalue weighted by molar-refractivity contribution is 5.76. The number of amides is 1. The molecule has 1 saturated carbocycles. The standard InChI is InChI=1S/C16H27N3O3/c1-3-16(21,4-2)11-17-13(20)9-10-14-18-15(19-22-14)12-7-5-6-8-12/h12,21H,3-11H2,1-2H3,(H,17,20). The van der Waals surface area contributed by atoms with Crippen molar-refractivity contribution in [3.8, 4) is 0 Å². The highest BCUT2D eigenvalue weighted by atomic mass is 16.5. The van der Waals surface area contributed by atoms with Crippen LogP contribution in [-0.4, -0.2) is 33.3 Å². The topological polar surface area (TPSA) is 88.2 Å². The van der Waals surface area contributed by atoms with Crippen LogP contribution in [0.3, 0.4) is 0 Å². The molecule has 6 nitrogen and oxygen atoms in total. The van der Waals surface area contributed by atoms with Crippen molar-refractivity contribution in [2.75, 3.05) is 6.54 Å². The van der Waals surface area contributed by atoms with Gasteiger partial charge >= 0.3 is 0 Å². The van der Waals surface area contributed by atoms with Crippen LogP contribution in [0.5, 0.6) is 0 Å². The maximum absolute atomic E-state index is 11.8. The number of carbonyl (C=O) groups is 1. The lowest BCUT2D eigenvalue weighted by atomic mass is 9.97. The summed E-state index contributed by atoms with van der Waals surface area (Å²) in [4.78, 5) is 16.2. The molecule has 0 spiro atoms. The first-order chi connectivity index (χ1) is 10.6. The zero-order valence-corrected chi connectivity index (χ0v) is 13.6. The van der Waals surface area contributed by atoms with Gasteiger partial charge in [0.1, 0.15) is 0 Å². The lowest BCUT2D eigenvalue weighted by Crippen LogP contribution is -2.42. The van der Waals surface area contributed by atoms with Gasteiger partial charge in [0.15, 0.2) is 5.82 Å². The number of rotatable bonds is 8. The van der Waals surface area contributed by atoms with Gasteiger partial charge in [0.2, 0.25) is 11.8 Å². The van der Waals surface area contributed by atoms with Crippen molar-refractivity contribution in [1.29, 1.82) is 0 Å². The molecule has 124 valence electrons. The zero-order chi connectivity index (χ0) is 16.0. The van der Waals surface area contributed by atoms with E-state index in [-0.39, 0.29) is 12.5 Å². The number of hydrogen-bond donors (Lipinski definition) is 2. The molecule has 0 saturated heterocycles. The summed E-state index contributed by atoms with van der Waals surface area (Å²) in [6.45, 7) is 4.12. The Bertz CT molecular complexity index is 477. The normalized spacial score (nSPS) is 16.1. The molecule has 1 aromatic heterocycles. The van der Waals surface area contributed by atoms with E-state index in [4.69, 9.17) is 4.52 Å². The number of hydrogen-bond acceptors (Lipinski definition) is 5. The minimum atomic E-state index is -0.810. The SMILES string of the molecule is CCC(O)(CC)CNC(=O)CCc1nc(C2CCCC2)no1. The van der Waals surface area contributed by atoms with E-state index >= 15 is 0 Å². The second-order valence-corrected chi connectivity index (χ2v) is 6.24. The first kappa shape index (κ1) is 16.9. The summed E-state index contributed by atoms with van der Waals surface area (Å²) >= 11 is 0. The van der Waals surface area contributed by atoms with Crippen LogP contribution >= 0.6 is 0 Å². The van der Waals surface area contributed by atoms with Crippen LogP contribution < -0.4 is 5.32 Å². The summed E-state index contributed by atoms with van der Waals surface area (Å²) in [7, 11) is 0. The molecule has 0 aromatic carbocycles. The Morgan fingerprint density at radius 1 is 1.36 bits per heavy atom. The fraction of sp³-hybridized carbons (Fsp3) is 0.812. The summed E-state index contributed by atoms with van der Waals surface area (Å²) in [6.07, 6.45) is 6.72. The number of aliphatic hydroxyl groups is 1. The van der Waals surface area contributed by atoms with Crippen LogP contribution in [0.2, 0.25) is 0 Å². The average molecular weight is 309 g/mol. The molecule has 2 rings (SSSR count). The molecule has 1 aromatic rings. The van der Waals surface area contributed by atoms with E-state index in [1.54, 1.807) is 0 Å². The third-order valence-electron chi connectivity index (χ3n) is 4.70. The van der Waals surface area contributed by atoms with Crippen LogP contribution in [0.1, 0.15) is 76.4 Å². The predicted molar refractivity (Wildman–Crippen MR) is 82.4 cm³/mol. The molecule has 2 N–H and O–H groups in total. The molecule has 1 aliphatic rings. The van der Waals surface area contributed by atoms with E-state index in [1.807, 2.05) is 13.8 Å². The molecule has 0 radical (unpaired) electrons. The largest absolute Gasteiger partial charge is 0.388 e. The fourth-order valence-corrected chi connectivity index (χ4v) is 2.79. The number of aromatic nitrogens is 2. The molecular weight excluding hydrogens is 282 g/mol. The highest BCUT2D eigenvalue weighted by Crippen LogP contribution is 2.32. The molecule has 1 heterocycles. The maximum atomic E-state index is 11.8. The Balaban J connectivity index is 1.74. The third-order valence-corrected chi connectivity index (χ3v) is 4.70. The second kappa shape index (κ2) is 7.72. The van der Waals surface area contributed by atoms with Crippen LogP contribution in [0, 0.1) is 0 Å². The van der Waals surface area contributed by atoms with Crippen molar-refractivity contribution in [2.24, 2.45) is 0 Å². The van der Waals surface area contributed by atoms with E-state index in [9.17, 15) is 9.90 Å². The van der Waals surface area contributed by atoms with Crippen LogP contribution in [0.4, 0.5) is 0 Å². The lowest BCUT2D eigenvalue weighted by molar-refractivity contribution is -0.122. The van der Waals surface area contributed by atoms with Gasteiger partial charge < -0.3 is 14.9 Å². The van der Waals surface area contributed by atoms with E-state index < -0.39 is 5.60 Å². The molecule has 0 unspecified atom stereocenters. The maximum Gasteiger partial charge on any atom is 0.227 e. The molecule has 0 bridgehead atoms. The summed E-state index contributed by atoms with van der Waals surface area (Å²) in [5.41, 5.74) is -0.810. The quantitative estimate of drug-likeness (QED) is 0.769. The summed E-state index contributed by atoms with van der Waals surface area (Å²) in [5, 5.41) is 16.9. The highest BCUT2D eigenvalue weighted by Gasteiger charge is 2.24. The summed E-state index contributed by atoms with van der Waals surface area (Å²) in [6, 6.07) is 0. The zero-order valence-electron chi connectivity index (χ0n) is 13.6. The fourth-order valence-electron chi connectivity index (χ4n) is 2.79. The molecule has 6 heteroatoms. The van der Waals surface area contributed by atoms with Gasteiger partial charge in [-0.2, -0.15) is 4.98 Å². The predicted octanol–water partition coefficient (Wildman–Crippen LogP) is 2.33. The Hall–Kier alpha value is -1.43. The van der Waals surface area contributed by atoms with Crippen LogP contribution in [0.15, 0.2) is 4.52 Å². The van der Waals surface area contributed by atoms with E-state index in [1.165, 1.54) is 12.8 Å². The minimum absolute atomic E-state index is 0.0964. The lowest BCUT2D eigenvalue weighted by Gasteiger charge is -2.25. The van der Waals surface area contributed by atoms with Gasteiger partial charge in [-0.1, -0.05) is 31.8 Å². The Morgan fingerprint density at radius 2 is 2.05 bits per heavy atom. The Kier molecular flexibility index (Phi) is 5.94. The molecule has 0 aliphatic heterocycles. The average Bonchev–Trinajstić information content (AvgIpc) is 3.21. The molecule has 1 amide bonds. The minimum Gasteiger partial charge on any atom is -0.388 e. The van der Waals surface area contributed by atoms with Gasteiger partial charge in [-0.15, -0.1) is 0 Å². The number of nitrogens with zero attached hydrogens (tertiary/aromatic N) is 2. The van der Waals surface area contributed by atoms with Crippen molar-refractivity contribution in [2.45, 2.75) is 76.7 Å². The van der Waals surface area contributed by atoms with Gasteiger partial charge in [-0.25, -0.2) is 0 Å². The molecular formula is C16H27N3O3. The van der Waals surface area contributed by atoms with Crippen molar-refractivity contribution in [3.05, 3.63) is 11.7 Å². The van der Waals surface area contributed by atoms with Crippen molar-refractivity contribution >= 4 is 5.91 Å². The van der Waals surface area contributed by atoms with Crippen LogP contribution in [-0.2, 0) is 11.2 Å². The summed E-state index contributed by atoms with van der Waals surface area (Å²) < 4.78 is 5.22. The number of nitrogens with one attached hydrogen (secondary N) is 1. The first-order valence-electron chi connectivity index (χ1n) is 8.38. The Labute approximate surface area is 131 Å². The smallest absolute Gasteiger partial charge is 0.227 e. The monoisotopic (exact) mass is 309 g/mol.